The van der Waals surface area contributed by atoms with E-state index in [0.29, 0.717) is 35.4 Å². The minimum absolute atomic E-state index is 0. The minimum atomic E-state index is 0. The van der Waals surface area contributed by atoms with Crippen LogP contribution < -0.4 is 16.8 Å². The van der Waals surface area contributed by atoms with Gasteiger partial charge < -0.3 is 21.8 Å². The van der Waals surface area contributed by atoms with E-state index in [2.05, 4.69) is 25.3 Å². The van der Waals surface area contributed by atoms with Crippen LogP contribution in [0.4, 0.5) is 11.8 Å². The van der Waals surface area contributed by atoms with Gasteiger partial charge in [-0.3, -0.25) is 0 Å². The van der Waals surface area contributed by atoms with E-state index in [4.69, 9.17) is 11.5 Å². The van der Waals surface area contributed by atoms with Gasteiger partial charge in [-0.25, -0.2) is 9.97 Å². The Balaban J connectivity index is 0.000001000. The molecule has 1 fully saturated rings. The first-order valence-electron chi connectivity index (χ1n) is 6.20. The predicted molar refractivity (Wildman–Crippen MR) is 83.6 cm³/mol. The van der Waals surface area contributed by atoms with Crippen molar-refractivity contribution in [3.63, 3.8) is 0 Å². The second-order valence-electron chi connectivity index (χ2n) is 4.80. The zero-order chi connectivity index (χ0) is 12.5. The average Bonchev–Trinajstić information content (AvgIpc) is 2.81. The van der Waals surface area contributed by atoms with Gasteiger partial charge in [0.05, 0.1) is 0 Å². The lowest BCUT2D eigenvalue weighted by Gasteiger charge is -2.27. The third-order valence-corrected chi connectivity index (χ3v) is 3.42. The molecule has 0 aromatic heterocycles. The van der Waals surface area contributed by atoms with Crippen molar-refractivity contribution < 1.29 is 0 Å². The highest BCUT2D eigenvalue weighted by atomic mass is 35.5. The van der Waals surface area contributed by atoms with Crippen LogP contribution in [0.1, 0.15) is 25.7 Å². The van der Waals surface area contributed by atoms with E-state index >= 15 is 0 Å². The number of hydrogen-bond acceptors (Lipinski definition) is 6. The van der Waals surface area contributed by atoms with Gasteiger partial charge in [0.2, 0.25) is 5.95 Å². The molecule has 9 heteroatoms. The van der Waals surface area contributed by atoms with Crippen LogP contribution in [-0.4, -0.2) is 32.0 Å². The van der Waals surface area contributed by atoms with Crippen LogP contribution in [0.3, 0.4) is 0 Å². The number of hydrogen-bond donors (Lipinski definition) is 4. The number of anilines is 2. The van der Waals surface area contributed by atoms with Crippen molar-refractivity contribution in [2.24, 2.45) is 5.73 Å². The van der Waals surface area contributed by atoms with Gasteiger partial charge in [-0.2, -0.15) is 4.98 Å². The number of nitrogens with one attached hydrogen (secondary N) is 2. The Hall–Kier alpha value is -1.31. The Kier molecular flexibility index (Phi) is 5.79. The molecule has 6 N–H and O–H groups in total. The monoisotopic (exact) mass is 319 g/mol. The lowest BCUT2D eigenvalue weighted by molar-refractivity contribution is 0.410. The summed E-state index contributed by atoms with van der Waals surface area (Å²) in [6, 6.07) is 0.738. The second kappa shape index (κ2) is 6.92. The van der Waals surface area contributed by atoms with Crippen molar-refractivity contribution >= 4 is 36.6 Å². The SMILES string of the molecule is Cl.Cl.Nc1[nH]c(N[C@H]2CC[C@H](N)CC2)nc2ncnc1-2. The maximum absolute atomic E-state index is 5.89. The molecule has 0 amide bonds. The second-order valence-corrected chi connectivity index (χ2v) is 4.80. The Morgan fingerprint density at radius 2 is 1.85 bits per heavy atom. The molecule has 0 saturated heterocycles. The van der Waals surface area contributed by atoms with Gasteiger partial charge in [0.25, 0.3) is 0 Å². The summed E-state index contributed by atoms with van der Waals surface area (Å²) in [6.07, 6.45) is 5.67. The molecule has 2 heterocycles. The van der Waals surface area contributed by atoms with Crippen LogP contribution >= 0.6 is 24.8 Å². The molecule has 0 bridgehead atoms. The van der Waals surface area contributed by atoms with Crippen molar-refractivity contribution in [2.75, 3.05) is 11.1 Å². The average molecular weight is 320 g/mol. The highest BCUT2D eigenvalue weighted by molar-refractivity contribution is 5.85. The molecule has 0 radical (unpaired) electrons. The fourth-order valence-electron chi connectivity index (χ4n) is 2.38. The molecular weight excluding hydrogens is 301 g/mol. The summed E-state index contributed by atoms with van der Waals surface area (Å²) in [5.74, 6) is 1.72. The molecule has 1 aliphatic carbocycles. The zero-order valence-electron chi connectivity index (χ0n) is 10.9. The van der Waals surface area contributed by atoms with Gasteiger partial charge in [-0.1, -0.05) is 0 Å². The van der Waals surface area contributed by atoms with Gasteiger partial charge in [-0.05, 0) is 25.7 Å². The first-order valence-corrected chi connectivity index (χ1v) is 6.20. The molecule has 3 rings (SSSR count). The van der Waals surface area contributed by atoms with E-state index in [0.717, 1.165) is 25.7 Å². The zero-order valence-corrected chi connectivity index (χ0v) is 12.5. The fourth-order valence-corrected chi connectivity index (χ4v) is 2.38. The third-order valence-electron chi connectivity index (χ3n) is 3.42. The first kappa shape index (κ1) is 16.7. The van der Waals surface area contributed by atoms with Crippen LogP contribution in [0.2, 0.25) is 0 Å². The summed E-state index contributed by atoms with van der Waals surface area (Å²) in [5, 5.41) is 3.35. The molecule has 3 aliphatic rings. The Labute approximate surface area is 129 Å². The first-order chi connectivity index (χ1) is 8.72. The van der Waals surface area contributed by atoms with E-state index in [1.165, 1.54) is 6.33 Å². The lowest BCUT2D eigenvalue weighted by atomic mass is 9.92. The Bertz CT molecular complexity index is 510. The Morgan fingerprint density at radius 3 is 2.55 bits per heavy atom. The maximum Gasteiger partial charge on any atom is 0.204 e. The number of nitrogens with two attached hydrogens (primary N) is 2. The number of imidazole rings is 1. The summed E-state index contributed by atoms with van der Waals surface area (Å²) in [5.41, 5.74) is 12.4. The molecular formula is C11H19Cl2N7. The minimum Gasteiger partial charge on any atom is -0.383 e. The molecule has 112 valence electrons. The third kappa shape index (κ3) is 3.41. The number of H-pyrrole nitrogens is 1. The molecule has 0 aromatic rings. The van der Waals surface area contributed by atoms with Gasteiger partial charge >= 0.3 is 0 Å². The predicted octanol–water partition coefficient (Wildman–Crippen LogP) is 1.41. The van der Waals surface area contributed by atoms with Crippen LogP contribution in [-0.2, 0) is 0 Å². The lowest BCUT2D eigenvalue weighted by Crippen LogP contribution is -2.33. The molecule has 20 heavy (non-hydrogen) atoms. The largest absolute Gasteiger partial charge is 0.383 e. The van der Waals surface area contributed by atoms with Gasteiger partial charge in [-0.15, -0.1) is 24.8 Å². The summed E-state index contributed by atoms with van der Waals surface area (Å²) >= 11 is 0. The van der Waals surface area contributed by atoms with Crippen molar-refractivity contribution in [3.8, 4) is 11.5 Å². The van der Waals surface area contributed by atoms with Crippen molar-refractivity contribution in [1.29, 1.82) is 0 Å². The van der Waals surface area contributed by atoms with Crippen LogP contribution in [0.25, 0.3) is 11.5 Å². The number of fused-ring (bicyclic) bond motifs is 1. The van der Waals surface area contributed by atoms with Crippen molar-refractivity contribution in [3.05, 3.63) is 6.33 Å². The normalized spacial score (nSPS) is 21.9. The fraction of sp³-hybridized carbons (Fsp3) is 0.545. The molecule has 0 atom stereocenters. The quantitative estimate of drug-likeness (QED) is 0.664. The smallest absolute Gasteiger partial charge is 0.204 e. The van der Waals surface area contributed by atoms with Crippen LogP contribution in [0, 0.1) is 0 Å². The highest BCUT2D eigenvalue weighted by Gasteiger charge is 2.20. The van der Waals surface area contributed by atoms with Gasteiger partial charge in [0.1, 0.15) is 17.8 Å². The molecule has 2 aliphatic heterocycles. The van der Waals surface area contributed by atoms with Gasteiger partial charge in [0, 0.05) is 12.1 Å². The van der Waals surface area contributed by atoms with E-state index < -0.39 is 0 Å². The van der Waals surface area contributed by atoms with E-state index in [9.17, 15) is 0 Å². The van der Waals surface area contributed by atoms with E-state index in [-0.39, 0.29) is 24.8 Å². The molecule has 0 unspecified atom stereocenters. The number of halogens is 2. The number of nitrogens with zero attached hydrogens (tertiary/aromatic N) is 3. The number of aromatic nitrogens is 4. The van der Waals surface area contributed by atoms with E-state index in [1.54, 1.807) is 0 Å². The highest BCUT2D eigenvalue weighted by Crippen LogP contribution is 2.24. The standard InChI is InChI=1S/C11H17N7.2ClH/c12-6-1-3-7(4-2-6)16-11-17-9(13)8-10(18-11)15-5-14-8;;/h5-7H,1-4,12H2,(H4,13,14,15,16,17,18);2*1H/t6-,7-;;. The van der Waals surface area contributed by atoms with E-state index in [1.807, 2.05) is 0 Å². The maximum atomic E-state index is 5.89. The Morgan fingerprint density at radius 1 is 1.15 bits per heavy atom. The summed E-state index contributed by atoms with van der Waals surface area (Å²) in [4.78, 5) is 15.5. The number of rotatable bonds is 2. The molecule has 0 spiro atoms. The topological polar surface area (TPSA) is 119 Å². The molecule has 1 saturated carbocycles. The van der Waals surface area contributed by atoms with Crippen LogP contribution in [0.5, 0.6) is 0 Å². The number of aromatic amines is 1. The van der Waals surface area contributed by atoms with Crippen LogP contribution in [0.15, 0.2) is 6.33 Å². The number of nitrogen functional groups attached to an aromatic ring is 1. The summed E-state index contributed by atoms with van der Waals surface area (Å²) < 4.78 is 0. The molecule has 7 nitrogen and oxygen atoms in total. The summed E-state index contributed by atoms with van der Waals surface area (Å²) in [6.45, 7) is 0. The summed E-state index contributed by atoms with van der Waals surface area (Å²) in [7, 11) is 0. The van der Waals surface area contributed by atoms with Crippen molar-refractivity contribution in [2.45, 2.75) is 37.8 Å². The van der Waals surface area contributed by atoms with Gasteiger partial charge in [0.15, 0.2) is 5.82 Å². The van der Waals surface area contributed by atoms with Crippen molar-refractivity contribution in [1.82, 2.24) is 19.9 Å². The molecule has 0 aromatic carbocycles.